The Balaban J connectivity index is 2.24. The molecule has 0 bridgehead atoms. The lowest BCUT2D eigenvalue weighted by Gasteiger charge is -2.09. The summed E-state index contributed by atoms with van der Waals surface area (Å²) in [6, 6.07) is 4.25. The molecule has 1 atom stereocenters. The second-order valence-electron chi connectivity index (χ2n) is 3.40. The summed E-state index contributed by atoms with van der Waals surface area (Å²) in [5.74, 6) is 0. The molecule has 0 aliphatic heterocycles. The Labute approximate surface area is 99.4 Å². The van der Waals surface area contributed by atoms with Crippen LogP contribution in [-0.2, 0) is 11.3 Å². The first kappa shape index (κ1) is 12.1. The average Bonchev–Trinajstić information content (AvgIpc) is 2.80. The maximum atomic E-state index is 12.3. The number of aromatic nitrogens is 1. The Morgan fingerprint density at radius 3 is 2.29 bits per heavy atom. The van der Waals surface area contributed by atoms with Gasteiger partial charge in [-0.3, -0.25) is 4.98 Å². The van der Waals surface area contributed by atoms with Crippen LogP contribution < -0.4 is 0 Å². The number of hydrogen-bond donors (Lipinski definition) is 0. The van der Waals surface area contributed by atoms with Crippen molar-refractivity contribution in [3.05, 3.63) is 52.0 Å². The maximum absolute atomic E-state index is 12.3. The molecule has 1 radical (unpaired) electrons. The summed E-state index contributed by atoms with van der Waals surface area (Å²) in [7, 11) is 0. The second kappa shape index (κ2) is 4.46. The molecule has 0 saturated carbocycles. The van der Waals surface area contributed by atoms with Crippen LogP contribution in [0.3, 0.4) is 0 Å². The van der Waals surface area contributed by atoms with E-state index in [1.54, 1.807) is 0 Å². The highest BCUT2D eigenvalue weighted by molar-refractivity contribution is 7.09. The molecule has 0 fully saturated rings. The van der Waals surface area contributed by atoms with Gasteiger partial charge in [0.25, 0.3) is 0 Å². The SMILES string of the molecule is [O]C(c1ccc(C(F)(F)F)cc1)c1cncs1. The van der Waals surface area contributed by atoms with Crippen LogP contribution in [0.1, 0.15) is 22.1 Å². The van der Waals surface area contributed by atoms with Crippen LogP contribution in [-0.4, -0.2) is 4.98 Å². The van der Waals surface area contributed by atoms with E-state index in [1.165, 1.54) is 35.2 Å². The molecular weight excluding hydrogens is 251 g/mol. The largest absolute Gasteiger partial charge is 0.416 e. The zero-order valence-corrected chi connectivity index (χ0v) is 9.26. The van der Waals surface area contributed by atoms with Crippen LogP contribution in [0.5, 0.6) is 0 Å². The van der Waals surface area contributed by atoms with Crippen molar-refractivity contribution in [2.45, 2.75) is 12.3 Å². The Bertz CT molecular complexity index is 478. The summed E-state index contributed by atoms with van der Waals surface area (Å²) in [5.41, 5.74) is 1.07. The first-order valence-corrected chi connectivity index (χ1v) is 5.58. The van der Waals surface area contributed by atoms with Crippen LogP contribution in [0.15, 0.2) is 36.0 Å². The van der Waals surface area contributed by atoms with Gasteiger partial charge in [0, 0.05) is 6.20 Å². The molecule has 1 aromatic carbocycles. The van der Waals surface area contributed by atoms with Gasteiger partial charge in [0.15, 0.2) is 6.10 Å². The van der Waals surface area contributed by atoms with E-state index in [4.69, 9.17) is 0 Å². The van der Waals surface area contributed by atoms with Crippen molar-refractivity contribution in [1.82, 2.24) is 4.98 Å². The minimum absolute atomic E-state index is 0.308. The van der Waals surface area contributed by atoms with E-state index in [2.05, 4.69) is 4.98 Å². The van der Waals surface area contributed by atoms with Gasteiger partial charge in [-0.2, -0.15) is 13.2 Å². The van der Waals surface area contributed by atoms with Gasteiger partial charge in [-0.25, -0.2) is 5.11 Å². The molecule has 2 aromatic rings. The van der Waals surface area contributed by atoms with Crippen LogP contribution >= 0.6 is 11.3 Å². The van der Waals surface area contributed by atoms with Gasteiger partial charge in [0.1, 0.15) is 0 Å². The Morgan fingerprint density at radius 2 is 1.82 bits per heavy atom. The molecule has 1 heterocycles. The standard InChI is InChI=1S/C11H7F3NOS/c12-11(13,14)8-3-1-7(2-4-8)10(16)9-5-15-6-17-9/h1-6,10H. The van der Waals surface area contributed by atoms with E-state index in [9.17, 15) is 18.3 Å². The first-order chi connectivity index (χ1) is 7.98. The van der Waals surface area contributed by atoms with Crippen molar-refractivity contribution < 1.29 is 18.3 Å². The third-order valence-electron chi connectivity index (χ3n) is 2.25. The quantitative estimate of drug-likeness (QED) is 0.808. The van der Waals surface area contributed by atoms with E-state index in [0.29, 0.717) is 10.4 Å². The Hall–Kier alpha value is -1.40. The molecule has 0 amide bonds. The number of halogens is 3. The Morgan fingerprint density at radius 1 is 1.18 bits per heavy atom. The molecule has 0 spiro atoms. The van der Waals surface area contributed by atoms with Crippen molar-refractivity contribution in [2.24, 2.45) is 0 Å². The fourth-order valence-corrected chi connectivity index (χ4v) is 1.99. The number of thiazole rings is 1. The molecule has 17 heavy (non-hydrogen) atoms. The zero-order valence-electron chi connectivity index (χ0n) is 8.44. The highest BCUT2D eigenvalue weighted by Gasteiger charge is 2.30. The Kier molecular flexibility index (Phi) is 3.17. The first-order valence-electron chi connectivity index (χ1n) is 4.70. The minimum atomic E-state index is -4.37. The van der Waals surface area contributed by atoms with Gasteiger partial charge >= 0.3 is 6.18 Å². The number of benzene rings is 1. The van der Waals surface area contributed by atoms with Gasteiger partial charge in [-0.15, -0.1) is 11.3 Å². The fourth-order valence-electron chi connectivity index (χ4n) is 1.37. The molecule has 1 aromatic heterocycles. The van der Waals surface area contributed by atoms with Crippen LogP contribution in [0.2, 0.25) is 0 Å². The number of alkyl halides is 3. The summed E-state index contributed by atoms with van der Waals surface area (Å²) in [6.07, 6.45) is -4.12. The van der Waals surface area contributed by atoms with Crippen molar-refractivity contribution in [3.8, 4) is 0 Å². The van der Waals surface area contributed by atoms with E-state index >= 15 is 0 Å². The summed E-state index contributed by atoms with van der Waals surface area (Å²) < 4.78 is 36.9. The van der Waals surface area contributed by atoms with Crippen LogP contribution in [0.4, 0.5) is 13.2 Å². The van der Waals surface area contributed by atoms with Crippen molar-refractivity contribution in [2.75, 3.05) is 0 Å². The number of rotatable bonds is 2. The summed E-state index contributed by atoms with van der Waals surface area (Å²) in [5, 5.41) is 11.8. The van der Waals surface area contributed by atoms with Crippen molar-refractivity contribution in [3.63, 3.8) is 0 Å². The average molecular weight is 258 g/mol. The lowest BCUT2D eigenvalue weighted by molar-refractivity contribution is -0.137. The van der Waals surface area contributed by atoms with E-state index in [1.807, 2.05) is 0 Å². The van der Waals surface area contributed by atoms with Crippen molar-refractivity contribution in [1.29, 1.82) is 0 Å². The molecule has 0 N–H and O–H groups in total. The highest BCUT2D eigenvalue weighted by atomic mass is 32.1. The van der Waals surface area contributed by atoms with Crippen molar-refractivity contribution >= 4 is 11.3 Å². The van der Waals surface area contributed by atoms with Crippen LogP contribution in [0.25, 0.3) is 0 Å². The zero-order chi connectivity index (χ0) is 12.5. The fraction of sp³-hybridized carbons (Fsp3) is 0.182. The predicted molar refractivity (Wildman–Crippen MR) is 56.1 cm³/mol. The molecule has 0 saturated heterocycles. The topological polar surface area (TPSA) is 32.8 Å². The summed E-state index contributed by atoms with van der Waals surface area (Å²) in [4.78, 5) is 4.25. The van der Waals surface area contributed by atoms with Gasteiger partial charge < -0.3 is 0 Å². The van der Waals surface area contributed by atoms with Gasteiger partial charge in [-0.05, 0) is 17.7 Å². The van der Waals surface area contributed by atoms with E-state index in [-0.39, 0.29) is 0 Å². The second-order valence-corrected chi connectivity index (χ2v) is 4.32. The molecule has 0 aliphatic rings. The van der Waals surface area contributed by atoms with Gasteiger partial charge in [0.05, 0.1) is 16.0 Å². The summed E-state index contributed by atoms with van der Waals surface area (Å²) in [6.45, 7) is 0. The third-order valence-corrected chi connectivity index (χ3v) is 3.07. The molecule has 1 unspecified atom stereocenters. The van der Waals surface area contributed by atoms with Gasteiger partial charge in [-0.1, -0.05) is 12.1 Å². The minimum Gasteiger partial charge on any atom is -0.253 e. The lowest BCUT2D eigenvalue weighted by Crippen LogP contribution is -2.05. The number of hydrogen-bond acceptors (Lipinski definition) is 2. The van der Waals surface area contributed by atoms with Gasteiger partial charge in [0.2, 0.25) is 0 Å². The maximum Gasteiger partial charge on any atom is 0.416 e. The molecule has 0 aliphatic carbocycles. The monoisotopic (exact) mass is 258 g/mol. The molecule has 2 rings (SSSR count). The molecule has 2 nitrogen and oxygen atoms in total. The lowest BCUT2D eigenvalue weighted by atomic mass is 10.1. The smallest absolute Gasteiger partial charge is 0.253 e. The highest BCUT2D eigenvalue weighted by Crippen LogP contribution is 2.31. The predicted octanol–water partition coefficient (Wildman–Crippen LogP) is 3.68. The van der Waals surface area contributed by atoms with Crippen LogP contribution in [0, 0.1) is 0 Å². The molecule has 89 valence electrons. The normalized spacial score (nSPS) is 13.6. The third kappa shape index (κ3) is 2.65. The van der Waals surface area contributed by atoms with E-state index < -0.39 is 17.8 Å². The van der Waals surface area contributed by atoms with E-state index in [0.717, 1.165) is 12.1 Å². The molecule has 6 heteroatoms. The summed E-state index contributed by atoms with van der Waals surface area (Å²) >= 11 is 1.19. The molecular formula is C11H7F3NOS. The number of nitrogens with zero attached hydrogens (tertiary/aromatic N) is 1.